The molecule has 8 nitrogen and oxygen atoms in total. The lowest BCUT2D eigenvalue weighted by Crippen LogP contribution is -2.23. The van der Waals surface area contributed by atoms with Crippen LogP contribution in [0.1, 0.15) is 37.7 Å². The Morgan fingerprint density at radius 1 is 0.939 bits per heavy atom. The van der Waals surface area contributed by atoms with Crippen molar-refractivity contribution in [2.24, 2.45) is 5.73 Å². The van der Waals surface area contributed by atoms with E-state index in [1.54, 1.807) is 12.3 Å². The van der Waals surface area contributed by atoms with Gasteiger partial charge < -0.3 is 16.8 Å². The first kappa shape index (κ1) is 21.6. The maximum Gasteiger partial charge on any atom is 0.271 e. The van der Waals surface area contributed by atoms with Gasteiger partial charge in [0.2, 0.25) is 0 Å². The molecule has 0 radical (unpaired) electrons. The van der Waals surface area contributed by atoms with Gasteiger partial charge in [0.25, 0.3) is 11.8 Å². The highest BCUT2D eigenvalue weighted by Crippen LogP contribution is 2.23. The van der Waals surface area contributed by atoms with Gasteiger partial charge in [-0.25, -0.2) is 9.97 Å². The fraction of sp³-hybridized carbons (Fsp3) is 0.0800. The third-order valence-corrected chi connectivity index (χ3v) is 5.07. The van der Waals surface area contributed by atoms with E-state index in [1.165, 1.54) is 12.4 Å². The zero-order valence-corrected chi connectivity index (χ0v) is 17.7. The number of benzene rings is 2. The average molecular weight is 438 g/mol. The Kier molecular flexibility index (Phi) is 6.36. The van der Waals surface area contributed by atoms with Crippen molar-refractivity contribution in [1.82, 2.24) is 20.3 Å². The summed E-state index contributed by atoms with van der Waals surface area (Å²) < 4.78 is 0. The molecule has 8 heteroatoms. The van der Waals surface area contributed by atoms with Crippen LogP contribution in [-0.2, 0) is 13.0 Å². The molecule has 0 atom stereocenters. The number of hydrogen-bond donors (Lipinski definition) is 3. The molecule has 33 heavy (non-hydrogen) atoms. The predicted molar refractivity (Wildman–Crippen MR) is 125 cm³/mol. The standard InChI is InChI=1S/C25H22N6O2/c26-23-22(24(27)32)31-20(15-29-23)11-16-10-19(13-28-12-16)25(33)30-14-18-8-4-5-9-21(18)17-6-2-1-3-7-17/h1-10,12-13,15H,11,14H2,(H2,26,29)(H2,27,32)(H,30,33). The molecule has 0 fully saturated rings. The molecule has 0 unspecified atom stereocenters. The van der Waals surface area contributed by atoms with Crippen LogP contribution in [0.3, 0.4) is 0 Å². The minimum absolute atomic E-state index is 0.0201. The van der Waals surface area contributed by atoms with Gasteiger partial charge >= 0.3 is 0 Å². The van der Waals surface area contributed by atoms with Crippen LogP contribution in [0.4, 0.5) is 5.82 Å². The number of pyridine rings is 1. The minimum atomic E-state index is -0.746. The topological polar surface area (TPSA) is 137 Å². The van der Waals surface area contributed by atoms with Crippen LogP contribution < -0.4 is 16.8 Å². The van der Waals surface area contributed by atoms with Gasteiger partial charge in [-0.1, -0.05) is 54.6 Å². The number of nitrogen functional groups attached to an aromatic ring is 1. The lowest BCUT2D eigenvalue weighted by atomic mass is 9.99. The second kappa shape index (κ2) is 9.69. The summed E-state index contributed by atoms with van der Waals surface area (Å²) in [5.41, 5.74) is 15.7. The van der Waals surface area contributed by atoms with Crippen LogP contribution >= 0.6 is 0 Å². The second-order valence-electron chi connectivity index (χ2n) is 7.42. The Hall–Kier alpha value is -4.59. The predicted octanol–water partition coefficient (Wildman–Crippen LogP) is 2.74. The van der Waals surface area contributed by atoms with Crippen LogP contribution in [0.5, 0.6) is 0 Å². The van der Waals surface area contributed by atoms with E-state index in [0.29, 0.717) is 24.2 Å². The first-order valence-electron chi connectivity index (χ1n) is 10.3. The van der Waals surface area contributed by atoms with E-state index >= 15 is 0 Å². The van der Waals surface area contributed by atoms with Crippen molar-refractivity contribution in [2.75, 3.05) is 5.73 Å². The number of rotatable bonds is 7. The lowest BCUT2D eigenvalue weighted by Gasteiger charge is -2.11. The summed E-state index contributed by atoms with van der Waals surface area (Å²) in [5.74, 6) is -1.01. The molecule has 0 aliphatic heterocycles. The van der Waals surface area contributed by atoms with Gasteiger partial charge in [0.1, 0.15) is 0 Å². The van der Waals surface area contributed by atoms with Crippen molar-refractivity contribution in [3.8, 4) is 11.1 Å². The van der Waals surface area contributed by atoms with Crippen molar-refractivity contribution in [3.05, 3.63) is 107 Å². The maximum absolute atomic E-state index is 12.8. The van der Waals surface area contributed by atoms with Crippen LogP contribution in [0, 0.1) is 0 Å². The number of amides is 2. The van der Waals surface area contributed by atoms with Crippen molar-refractivity contribution >= 4 is 17.6 Å². The number of nitrogens with two attached hydrogens (primary N) is 2. The minimum Gasteiger partial charge on any atom is -0.382 e. The number of carbonyl (C=O) groups is 2. The molecule has 0 aliphatic carbocycles. The first-order valence-corrected chi connectivity index (χ1v) is 10.3. The Labute approximate surface area is 190 Å². The van der Waals surface area contributed by atoms with Gasteiger partial charge in [-0.3, -0.25) is 14.6 Å². The third kappa shape index (κ3) is 5.19. The van der Waals surface area contributed by atoms with Crippen molar-refractivity contribution in [2.45, 2.75) is 13.0 Å². The van der Waals surface area contributed by atoms with Gasteiger partial charge in [-0.2, -0.15) is 0 Å². The largest absolute Gasteiger partial charge is 0.382 e. The molecule has 0 spiro atoms. The zero-order valence-electron chi connectivity index (χ0n) is 17.7. The number of hydrogen-bond acceptors (Lipinski definition) is 6. The molecule has 4 aromatic rings. The maximum atomic E-state index is 12.8. The van der Waals surface area contributed by atoms with Gasteiger partial charge in [0.15, 0.2) is 11.5 Å². The highest BCUT2D eigenvalue weighted by atomic mass is 16.2. The molecule has 0 aliphatic rings. The van der Waals surface area contributed by atoms with Crippen molar-refractivity contribution in [1.29, 1.82) is 0 Å². The van der Waals surface area contributed by atoms with Crippen molar-refractivity contribution < 1.29 is 9.59 Å². The van der Waals surface area contributed by atoms with Gasteiger partial charge in [0, 0.05) is 25.4 Å². The highest BCUT2D eigenvalue weighted by Gasteiger charge is 2.13. The highest BCUT2D eigenvalue weighted by molar-refractivity contribution is 5.95. The Balaban J connectivity index is 1.47. The number of anilines is 1. The monoisotopic (exact) mass is 438 g/mol. The lowest BCUT2D eigenvalue weighted by molar-refractivity contribution is 0.0949. The molecule has 5 N–H and O–H groups in total. The number of nitrogens with zero attached hydrogens (tertiary/aromatic N) is 3. The Morgan fingerprint density at radius 3 is 2.48 bits per heavy atom. The molecule has 4 rings (SSSR count). The fourth-order valence-corrected chi connectivity index (χ4v) is 3.47. The third-order valence-electron chi connectivity index (χ3n) is 5.07. The van der Waals surface area contributed by atoms with Gasteiger partial charge in [-0.15, -0.1) is 0 Å². The summed E-state index contributed by atoms with van der Waals surface area (Å²) in [5, 5.41) is 2.96. The number of primary amides is 1. The summed E-state index contributed by atoms with van der Waals surface area (Å²) in [6, 6.07) is 19.7. The molecule has 0 bridgehead atoms. The van der Waals surface area contributed by atoms with E-state index in [-0.39, 0.29) is 17.4 Å². The first-order chi connectivity index (χ1) is 16.0. The van der Waals surface area contributed by atoms with E-state index in [1.807, 2.05) is 54.6 Å². The average Bonchev–Trinajstić information content (AvgIpc) is 2.84. The van der Waals surface area contributed by atoms with E-state index < -0.39 is 5.91 Å². The molecular weight excluding hydrogens is 416 g/mol. The molecule has 2 aromatic carbocycles. The summed E-state index contributed by atoms with van der Waals surface area (Å²) in [6.07, 6.45) is 4.92. The van der Waals surface area contributed by atoms with Crippen molar-refractivity contribution in [3.63, 3.8) is 0 Å². The molecule has 0 saturated carbocycles. The molecule has 2 aromatic heterocycles. The van der Waals surface area contributed by atoms with Gasteiger partial charge in [-0.05, 0) is 28.3 Å². The summed E-state index contributed by atoms with van der Waals surface area (Å²) in [4.78, 5) is 36.6. The van der Waals surface area contributed by atoms with E-state index in [9.17, 15) is 9.59 Å². The van der Waals surface area contributed by atoms with E-state index in [4.69, 9.17) is 11.5 Å². The summed E-state index contributed by atoms with van der Waals surface area (Å²) >= 11 is 0. The molecule has 2 amide bonds. The number of aromatic nitrogens is 3. The quantitative estimate of drug-likeness (QED) is 0.406. The zero-order chi connectivity index (χ0) is 23.2. The van der Waals surface area contributed by atoms with E-state index in [0.717, 1.165) is 22.3 Å². The fourth-order valence-electron chi connectivity index (χ4n) is 3.47. The van der Waals surface area contributed by atoms with Crippen LogP contribution in [-0.4, -0.2) is 26.8 Å². The molecule has 164 valence electrons. The normalized spacial score (nSPS) is 10.5. The second-order valence-corrected chi connectivity index (χ2v) is 7.42. The smallest absolute Gasteiger partial charge is 0.271 e. The van der Waals surface area contributed by atoms with Gasteiger partial charge in [0.05, 0.1) is 17.5 Å². The summed E-state index contributed by atoms with van der Waals surface area (Å²) in [7, 11) is 0. The van der Waals surface area contributed by atoms with Crippen LogP contribution in [0.25, 0.3) is 11.1 Å². The number of nitrogens with one attached hydrogen (secondary N) is 1. The SMILES string of the molecule is NC(=O)c1nc(Cc2cncc(C(=O)NCc3ccccc3-c3ccccc3)c2)cnc1N. The van der Waals surface area contributed by atoms with Crippen LogP contribution in [0.15, 0.2) is 79.3 Å². The Bertz CT molecular complexity index is 1310. The molecule has 0 saturated heterocycles. The number of carbonyl (C=O) groups excluding carboxylic acids is 2. The summed E-state index contributed by atoms with van der Waals surface area (Å²) in [6.45, 7) is 0.375. The molecule has 2 heterocycles. The Morgan fingerprint density at radius 2 is 1.70 bits per heavy atom. The van der Waals surface area contributed by atoms with Crippen LogP contribution in [0.2, 0.25) is 0 Å². The van der Waals surface area contributed by atoms with E-state index in [2.05, 4.69) is 20.3 Å². The molecular formula is C25H22N6O2.